The largest absolute Gasteiger partial charge is 0.465 e. The predicted octanol–water partition coefficient (Wildman–Crippen LogP) is 4.09. The van der Waals surface area contributed by atoms with Crippen LogP contribution in [0.5, 0.6) is 0 Å². The molecule has 10 heteroatoms. The zero-order valence-corrected chi connectivity index (χ0v) is 14.6. The average molecular weight is 396 g/mol. The van der Waals surface area contributed by atoms with E-state index in [1.54, 1.807) is 4.57 Å². The van der Waals surface area contributed by atoms with Crippen molar-refractivity contribution < 1.29 is 27.5 Å². The quantitative estimate of drug-likeness (QED) is 0.793. The first-order valence-corrected chi connectivity index (χ1v) is 8.49. The van der Waals surface area contributed by atoms with Crippen LogP contribution in [-0.4, -0.2) is 38.7 Å². The second kappa shape index (κ2) is 7.50. The monoisotopic (exact) mass is 396 g/mol. The lowest BCUT2D eigenvalue weighted by Gasteiger charge is -2.29. The number of nitriles is 1. The first kappa shape index (κ1) is 19.7. The zero-order valence-electron chi connectivity index (χ0n) is 14.6. The highest BCUT2D eigenvalue weighted by Gasteiger charge is 2.34. The molecule has 1 saturated heterocycles. The molecule has 1 aromatic carbocycles. The number of amides is 1. The molecule has 0 aliphatic carbocycles. The highest BCUT2D eigenvalue weighted by atomic mass is 19.4. The van der Waals surface area contributed by atoms with Crippen molar-refractivity contribution in [1.29, 1.82) is 5.26 Å². The number of imidazole rings is 1. The van der Waals surface area contributed by atoms with Crippen LogP contribution in [0.1, 0.15) is 30.1 Å². The summed E-state index contributed by atoms with van der Waals surface area (Å²) in [5.41, 5.74) is -1.08. The van der Waals surface area contributed by atoms with Crippen LogP contribution in [0.15, 0.2) is 24.4 Å². The van der Waals surface area contributed by atoms with Crippen molar-refractivity contribution >= 4 is 6.09 Å². The molecule has 1 aliphatic heterocycles. The molecule has 1 aromatic heterocycles. The van der Waals surface area contributed by atoms with Gasteiger partial charge in [0.05, 0.1) is 17.3 Å². The van der Waals surface area contributed by atoms with Crippen LogP contribution in [-0.2, 0) is 12.7 Å². The fourth-order valence-corrected chi connectivity index (χ4v) is 3.33. The van der Waals surface area contributed by atoms with Gasteiger partial charge in [-0.05, 0) is 31.0 Å². The van der Waals surface area contributed by atoms with E-state index in [2.05, 4.69) is 4.98 Å². The van der Waals surface area contributed by atoms with Crippen LogP contribution in [0, 0.1) is 17.1 Å². The topological polar surface area (TPSA) is 82.2 Å². The lowest BCUT2D eigenvalue weighted by molar-refractivity contribution is -0.139. The van der Waals surface area contributed by atoms with Crippen LogP contribution in [0.3, 0.4) is 0 Å². The minimum absolute atomic E-state index is 0.0468. The molecule has 28 heavy (non-hydrogen) atoms. The number of alkyl halides is 3. The summed E-state index contributed by atoms with van der Waals surface area (Å²) in [6.07, 6.45) is -3.39. The Morgan fingerprint density at radius 1 is 1.32 bits per heavy atom. The van der Waals surface area contributed by atoms with E-state index in [0.717, 1.165) is 6.07 Å². The molecule has 2 aromatic rings. The molecule has 0 atom stereocenters. The Morgan fingerprint density at radius 3 is 2.57 bits per heavy atom. The van der Waals surface area contributed by atoms with Gasteiger partial charge < -0.3 is 14.6 Å². The van der Waals surface area contributed by atoms with Gasteiger partial charge in [0.15, 0.2) is 0 Å². The number of piperidine rings is 1. The lowest BCUT2D eigenvalue weighted by atomic mass is 9.96. The number of halogens is 4. The molecule has 3 rings (SSSR count). The van der Waals surface area contributed by atoms with E-state index in [1.807, 2.05) is 6.07 Å². The molecule has 148 valence electrons. The second-order valence-corrected chi connectivity index (χ2v) is 6.51. The minimum Gasteiger partial charge on any atom is -0.465 e. The molecule has 0 bridgehead atoms. The predicted molar refractivity (Wildman–Crippen MR) is 89.8 cm³/mol. The van der Waals surface area contributed by atoms with Gasteiger partial charge in [-0.15, -0.1) is 0 Å². The van der Waals surface area contributed by atoms with Crippen LogP contribution >= 0.6 is 0 Å². The maximum absolute atomic E-state index is 13.5. The van der Waals surface area contributed by atoms with Crippen molar-refractivity contribution in [2.45, 2.75) is 31.5 Å². The summed E-state index contributed by atoms with van der Waals surface area (Å²) in [6.45, 7) is 0.571. The van der Waals surface area contributed by atoms with E-state index >= 15 is 0 Å². The van der Waals surface area contributed by atoms with Gasteiger partial charge >= 0.3 is 12.3 Å². The van der Waals surface area contributed by atoms with Gasteiger partial charge in [-0.3, -0.25) is 0 Å². The summed E-state index contributed by atoms with van der Waals surface area (Å²) in [7, 11) is 0. The van der Waals surface area contributed by atoms with E-state index in [-0.39, 0.29) is 23.7 Å². The van der Waals surface area contributed by atoms with Crippen LogP contribution in [0.2, 0.25) is 0 Å². The third-order valence-electron chi connectivity index (χ3n) is 4.75. The fourth-order valence-electron chi connectivity index (χ4n) is 3.33. The van der Waals surface area contributed by atoms with Crippen molar-refractivity contribution in [1.82, 2.24) is 14.5 Å². The molecule has 1 amide bonds. The number of benzene rings is 1. The number of carboxylic acid groups (broad SMARTS) is 1. The van der Waals surface area contributed by atoms with Crippen molar-refractivity contribution in [3.05, 3.63) is 41.6 Å². The molecule has 0 saturated carbocycles. The SMILES string of the molecule is N#CCn1cc(-c2ccc(F)c(C(F)(F)F)c2)nc1C1CCN(C(=O)O)CC1. The maximum Gasteiger partial charge on any atom is 0.419 e. The van der Waals surface area contributed by atoms with Crippen molar-refractivity contribution in [2.75, 3.05) is 13.1 Å². The number of hydrogen-bond donors (Lipinski definition) is 1. The lowest BCUT2D eigenvalue weighted by Crippen LogP contribution is -2.37. The molecule has 1 fully saturated rings. The second-order valence-electron chi connectivity index (χ2n) is 6.51. The summed E-state index contributed by atoms with van der Waals surface area (Å²) in [4.78, 5) is 16.7. The summed E-state index contributed by atoms with van der Waals surface area (Å²) in [6, 6.07) is 4.63. The number of aromatic nitrogens is 2. The standard InChI is InChI=1S/C18H16F4N4O2/c19-14-2-1-12(9-13(14)18(20,21)22)15-10-26(8-5-23)16(24-15)11-3-6-25(7-4-11)17(27)28/h1-2,9-11H,3-4,6-8H2,(H,27,28). The summed E-state index contributed by atoms with van der Waals surface area (Å²) < 4.78 is 54.0. The third kappa shape index (κ3) is 3.93. The Bertz CT molecular complexity index is 925. The van der Waals surface area contributed by atoms with E-state index in [9.17, 15) is 22.4 Å². The third-order valence-corrected chi connectivity index (χ3v) is 4.75. The maximum atomic E-state index is 13.5. The molecule has 0 unspecified atom stereocenters. The molecule has 0 radical (unpaired) electrons. The van der Waals surface area contributed by atoms with E-state index in [4.69, 9.17) is 10.4 Å². The van der Waals surface area contributed by atoms with Crippen LogP contribution in [0.4, 0.5) is 22.4 Å². The molecule has 6 nitrogen and oxygen atoms in total. The minimum atomic E-state index is -4.83. The van der Waals surface area contributed by atoms with Gasteiger partial charge in [-0.25, -0.2) is 14.2 Å². The summed E-state index contributed by atoms with van der Waals surface area (Å²) in [5.74, 6) is -0.978. The van der Waals surface area contributed by atoms with Gasteiger partial charge in [0.1, 0.15) is 18.2 Å². The Kier molecular flexibility index (Phi) is 5.27. The first-order valence-electron chi connectivity index (χ1n) is 8.49. The average Bonchev–Trinajstić information content (AvgIpc) is 3.05. The molecule has 1 N–H and O–H groups in total. The fraction of sp³-hybridized carbons (Fsp3) is 0.389. The zero-order chi connectivity index (χ0) is 20.5. The smallest absolute Gasteiger partial charge is 0.419 e. The summed E-state index contributed by atoms with van der Waals surface area (Å²) in [5, 5.41) is 18.1. The Balaban J connectivity index is 1.94. The van der Waals surface area contributed by atoms with E-state index < -0.39 is 23.7 Å². The molecular weight excluding hydrogens is 380 g/mol. The Morgan fingerprint density at radius 2 is 2.00 bits per heavy atom. The highest BCUT2D eigenvalue weighted by Crippen LogP contribution is 2.35. The van der Waals surface area contributed by atoms with Crippen LogP contribution in [0.25, 0.3) is 11.3 Å². The highest BCUT2D eigenvalue weighted by molar-refractivity contribution is 5.65. The van der Waals surface area contributed by atoms with Crippen LogP contribution < -0.4 is 0 Å². The number of nitrogens with zero attached hydrogens (tertiary/aromatic N) is 4. The van der Waals surface area contributed by atoms with Gasteiger partial charge in [-0.1, -0.05) is 0 Å². The Labute approximate surface area is 157 Å². The summed E-state index contributed by atoms with van der Waals surface area (Å²) >= 11 is 0. The van der Waals surface area contributed by atoms with Gasteiger partial charge in [-0.2, -0.15) is 18.4 Å². The van der Waals surface area contributed by atoms with Gasteiger partial charge in [0, 0.05) is 30.8 Å². The Hall–Kier alpha value is -3.09. The van der Waals surface area contributed by atoms with Crippen molar-refractivity contribution in [3.8, 4) is 17.3 Å². The molecule has 2 heterocycles. The van der Waals surface area contributed by atoms with Crippen molar-refractivity contribution in [2.24, 2.45) is 0 Å². The number of carbonyl (C=O) groups is 1. The number of likely N-dealkylation sites (tertiary alicyclic amines) is 1. The van der Waals surface area contributed by atoms with E-state index in [0.29, 0.717) is 37.8 Å². The molecular formula is C18H16F4N4O2. The number of rotatable bonds is 3. The van der Waals surface area contributed by atoms with Gasteiger partial charge in [0.25, 0.3) is 0 Å². The van der Waals surface area contributed by atoms with Gasteiger partial charge in [0.2, 0.25) is 0 Å². The molecule has 0 spiro atoms. The first-order chi connectivity index (χ1) is 13.2. The van der Waals surface area contributed by atoms with E-state index in [1.165, 1.54) is 17.2 Å². The molecule has 1 aliphatic rings. The normalized spacial score (nSPS) is 15.5. The number of hydrogen-bond acceptors (Lipinski definition) is 3. The van der Waals surface area contributed by atoms with Crippen molar-refractivity contribution in [3.63, 3.8) is 0 Å².